The lowest BCUT2D eigenvalue weighted by Crippen LogP contribution is -2.15. The molecule has 0 saturated carbocycles. The number of hydrogen-bond acceptors (Lipinski definition) is 2. The summed E-state index contributed by atoms with van der Waals surface area (Å²) in [6.45, 7) is 5.72. The van der Waals surface area contributed by atoms with Gasteiger partial charge in [0.1, 0.15) is 5.75 Å². The van der Waals surface area contributed by atoms with Crippen LogP contribution in [0.4, 0.5) is 0 Å². The molecule has 3 nitrogen and oxygen atoms in total. The van der Waals surface area contributed by atoms with Gasteiger partial charge < -0.3 is 10.5 Å². The monoisotopic (exact) mass is 193 g/mol. The SMILES string of the molecule is Cc1ccc(OC(C)C)c(C(N)=O)c1. The number of carbonyl (C=O) groups is 1. The van der Waals surface area contributed by atoms with Gasteiger partial charge in [0, 0.05) is 0 Å². The zero-order chi connectivity index (χ0) is 10.7. The van der Waals surface area contributed by atoms with Gasteiger partial charge in [0.05, 0.1) is 11.7 Å². The van der Waals surface area contributed by atoms with Crippen LogP contribution in [-0.4, -0.2) is 12.0 Å². The van der Waals surface area contributed by atoms with Crippen molar-refractivity contribution in [3.05, 3.63) is 29.3 Å². The summed E-state index contributed by atoms with van der Waals surface area (Å²) < 4.78 is 5.46. The molecule has 0 aliphatic carbocycles. The first-order chi connectivity index (χ1) is 6.50. The lowest BCUT2D eigenvalue weighted by Gasteiger charge is -2.12. The molecular formula is C11H15NO2. The lowest BCUT2D eigenvalue weighted by atomic mass is 10.1. The summed E-state index contributed by atoms with van der Waals surface area (Å²) in [6, 6.07) is 5.40. The highest BCUT2D eigenvalue weighted by molar-refractivity contribution is 5.95. The van der Waals surface area contributed by atoms with E-state index in [2.05, 4.69) is 0 Å². The minimum Gasteiger partial charge on any atom is -0.490 e. The summed E-state index contributed by atoms with van der Waals surface area (Å²) in [5, 5.41) is 0. The average molecular weight is 193 g/mol. The fourth-order valence-electron chi connectivity index (χ4n) is 1.19. The number of nitrogens with two attached hydrogens (primary N) is 1. The standard InChI is InChI=1S/C11H15NO2/c1-7(2)14-10-5-4-8(3)6-9(10)11(12)13/h4-7H,1-3H3,(H2,12,13). The van der Waals surface area contributed by atoms with E-state index in [0.717, 1.165) is 5.56 Å². The summed E-state index contributed by atoms with van der Waals surface area (Å²) in [4.78, 5) is 11.1. The lowest BCUT2D eigenvalue weighted by molar-refractivity contribution is 0.0994. The molecule has 1 amide bonds. The predicted octanol–water partition coefficient (Wildman–Crippen LogP) is 1.88. The maximum absolute atomic E-state index is 11.1. The third kappa shape index (κ3) is 2.49. The first kappa shape index (κ1) is 10.6. The van der Waals surface area contributed by atoms with Gasteiger partial charge in [-0.3, -0.25) is 4.79 Å². The van der Waals surface area contributed by atoms with Crippen LogP contribution >= 0.6 is 0 Å². The van der Waals surface area contributed by atoms with E-state index in [1.807, 2.05) is 26.8 Å². The van der Waals surface area contributed by atoms with Crippen LogP contribution in [0.3, 0.4) is 0 Å². The number of aryl methyl sites for hydroxylation is 1. The Kier molecular flexibility index (Phi) is 3.12. The Hall–Kier alpha value is -1.51. The van der Waals surface area contributed by atoms with Crippen LogP contribution in [-0.2, 0) is 0 Å². The molecule has 2 N–H and O–H groups in total. The van der Waals surface area contributed by atoms with Gasteiger partial charge >= 0.3 is 0 Å². The van der Waals surface area contributed by atoms with E-state index in [0.29, 0.717) is 11.3 Å². The molecule has 0 heterocycles. The molecule has 0 bridgehead atoms. The maximum Gasteiger partial charge on any atom is 0.252 e. The van der Waals surface area contributed by atoms with Crippen LogP contribution in [0.2, 0.25) is 0 Å². The Morgan fingerprint density at radius 1 is 1.43 bits per heavy atom. The van der Waals surface area contributed by atoms with E-state index < -0.39 is 5.91 Å². The van der Waals surface area contributed by atoms with E-state index in [1.54, 1.807) is 12.1 Å². The number of rotatable bonds is 3. The average Bonchev–Trinajstić information content (AvgIpc) is 2.07. The zero-order valence-electron chi connectivity index (χ0n) is 8.70. The quantitative estimate of drug-likeness (QED) is 0.796. The van der Waals surface area contributed by atoms with Crippen LogP contribution in [0.15, 0.2) is 18.2 Å². The highest BCUT2D eigenvalue weighted by Gasteiger charge is 2.10. The summed E-state index contributed by atoms with van der Waals surface area (Å²) in [5.41, 5.74) is 6.68. The van der Waals surface area contributed by atoms with Crippen molar-refractivity contribution in [3.8, 4) is 5.75 Å². The molecule has 1 aromatic carbocycles. The van der Waals surface area contributed by atoms with Crippen molar-refractivity contribution in [2.45, 2.75) is 26.9 Å². The van der Waals surface area contributed by atoms with Crippen molar-refractivity contribution in [1.29, 1.82) is 0 Å². The van der Waals surface area contributed by atoms with Crippen molar-refractivity contribution in [2.75, 3.05) is 0 Å². The van der Waals surface area contributed by atoms with Gasteiger partial charge in [0.25, 0.3) is 5.91 Å². The summed E-state index contributed by atoms with van der Waals surface area (Å²) >= 11 is 0. The van der Waals surface area contributed by atoms with E-state index in [4.69, 9.17) is 10.5 Å². The third-order valence-corrected chi connectivity index (χ3v) is 1.76. The zero-order valence-corrected chi connectivity index (χ0v) is 8.70. The topological polar surface area (TPSA) is 52.3 Å². The van der Waals surface area contributed by atoms with E-state index in [1.165, 1.54) is 0 Å². The molecule has 14 heavy (non-hydrogen) atoms. The van der Waals surface area contributed by atoms with Gasteiger partial charge in [-0.2, -0.15) is 0 Å². The van der Waals surface area contributed by atoms with Crippen molar-refractivity contribution in [1.82, 2.24) is 0 Å². The largest absolute Gasteiger partial charge is 0.490 e. The molecule has 0 radical (unpaired) electrons. The molecular weight excluding hydrogens is 178 g/mol. The molecule has 0 fully saturated rings. The van der Waals surface area contributed by atoms with E-state index >= 15 is 0 Å². The second-order valence-electron chi connectivity index (χ2n) is 3.53. The molecule has 0 atom stereocenters. The van der Waals surface area contributed by atoms with Crippen molar-refractivity contribution < 1.29 is 9.53 Å². The molecule has 76 valence electrons. The highest BCUT2D eigenvalue weighted by Crippen LogP contribution is 2.20. The van der Waals surface area contributed by atoms with Gasteiger partial charge in [-0.05, 0) is 32.9 Å². The van der Waals surface area contributed by atoms with Gasteiger partial charge in [-0.1, -0.05) is 11.6 Å². The van der Waals surface area contributed by atoms with Gasteiger partial charge in [-0.25, -0.2) is 0 Å². The number of amides is 1. The van der Waals surface area contributed by atoms with E-state index in [9.17, 15) is 4.79 Å². The van der Waals surface area contributed by atoms with Crippen LogP contribution in [0.1, 0.15) is 29.8 Å². The van der Waals surface area contributed by atoms with Gasteiger partial charge in [-0.15, -0.1) is 0 Å². The maximum atomic E-state index is 11.1. The van der Waals surface area contributed by atoms with Crippen LogP contribution in [0, 0.1) is 6.92 Å². The fraction of sp³-hybridized carbons (Fsp3) is 0.364. The summed E-state index contributed by atoms with van der Waals surface area (Å²) in [6.07, 6.45) is 0.0378. The van der Waals surface area contributed by atoms with Crippen molar-refractivity contribution >= 4 is 5.91 Å². The normalized spacial score (nSPS) is 10.3. The number of ether oxygens (including phenoxy) is 1. The van der Waals surface area contributed by atoms with Gasteiger partial charge in [0.15, 0.2) is 0 Å². The van der Waals surface area contributed by atoms with Crippen molar-refractivity contribution in [3.63, 3.8) is 0 Å². The highest BCUT2D eigenvalue weighted by atomic mass is 16.5. The van der Waals surface area contributed by atoms with Crippen LogP contribution in [0.25, 0.3) is 0 Å². The second kappa shape index (κ2) is 4.13. The minimum absolute atomic E-state index is 0.0378. The Balaban J connectivity index is 3.08. The van der Waals surface area contributed by atoms with Crippen LogP contribution in [0.5, 0.6) is 5.75 Å². The van der Waals surface area contributed by atoms with Crippen molar-refractivity contribution in [2.24, 2.45) is 5.73 Å². The first-order valence-electron chi connectivity index (χ1n) is 4.58. The fourth-order valence-corrected chi connectivity index (χ4v) is 1.19. The Morgan fingerprint density at radius 2 is 2.07 bits per heavy atom. The molecule has 0 aliphatic rings. The second-order valence-corrected chi connectivity index (χ2v) is 3.53. The minimum atomic E-state index is -0.454. The molecule has 3 heteroatoms. The van der Waals surface area contributed by atoms with Crippen LogP contribution < -0.4 is 10.5 Å². The number of primary amides is 1. The van der Waals surface area contributed by atoms with E-state index in [-0.39, 0.29) is 6.10 Å². The van der Waals surface area contributed by atoms with Gasteiger partial charge in [0.2, 0.25) is 0 Å². The number of benzene rings is 1. The number of carbonyl (C=O) groups excluding carboxylic acids is 1. The molecule has 0 aromatic heterocycles. The number of hydrogen-bond donors (Lipinski definition) is 1. The molecule has 0 unspecified atom stereocenters. The molecule has 0 spiro atoms. The predicted molar refractivity (Wildman–Crippen MR) is 55.5 cm³/mol. The third-order valence-electron chi connectivity index (χ3n) is 1.76. The molecule has 0 saturated heterocycles. The Labute approximate surface area is 83.9 Å². The molecule has 1 rings (SSSR count). The summed E-state index contributed by atoms with van der Waals surface area (Å²) in [7, 11) is 0. The Morgan fingerprint density at radius 3 is 2.57 bits per heavy atom. The smallest absolute Gasteiger partial charge is 0.252 e. The molecule has 1 aromatic rings. The molecule has 0 aliphatic heterocycles. The first-order valence-corrected chi connectivity index (χ1v) is 4.58. The Bertz CT molecular complexity index is 345. The summed E-state index contributed by atoms with van der Waals surface area (Å²) in [5.74, 6) is 0.0995.